The van der Waals surface area contributed by atoms with Gasteiger partial charge in [-0.1, -0.05) is 12.1 Å². The van der Waals surface area contributed by atoms with Crippen molar-refractivity contribution >= 4 is 5.91 Å². The number of hydrogen-bond acceptors (Lipinski definition) is 3. The van der Waals surface area contributed by atoms with Gasteiger partial charge in [0.2, 0.25) is 5.91 Å². The number of nitrogens with zero attached hydrogens (tertiary/aromatic N) is 3. The third-order valence-corrected chi connectivity index (χ3v) is 3.49. The number of aromatic nitrogens is 3. The second kappa shape index (κ2) is 4.92. The lowest BCUT2D eigenvalue weighted by atomic mass is 9.99. The fourth-order valence-corrected chi connectivity index (χ4v) is 2.38. The molecule has 104 valence electrons. The van der Waals surface area contributed by atoms with Crippen LogP contribution >= 0.6 is 0 Å². The van der Waals surface area contributed by atoms with Gasteiger partial charge in [0.05, 0.1) is 0 Å². The van der Waals surface area contributed by atoms with Crippen LogP contribution in [0.25, 0.3) is 0 Å². The molecule has 1 N–H and O–H groups in total. The average molecular weight is 276 g/mol. The molecule has 0 radical (unpaired) electrons. The maximum atomic E-state index is 13.7. The van der Waals surface area contributed by atoms with Gasteiger partial charge in [-0.15, -0.1) is 0 Å². The quantitative estimate of drug-likeness (QED) is 0.857. The molecule has 0 atom stereocenters. The molecule has 0 bridgehead atoms. The van der Waals surface area contributed by atoms with Crippen molar-refractivity contribution in [3.63, 3.8) is 0 Å². The van der Waals surface area contributed by atoms with Gasteiger partial charge in [-0.3, -0.25) is 9.36 Å². The average Bonchev–Trinajstić information content (AvgIpc) is 2.84. The lowest BCUT2D eigenvalue weighted by molar-refractivity contribution is -0.132. The molecule has 20 heavy (non-hydrogen) atoms. The van der Waals surface area contributed by atoms with E-state index in [0.29, 0.717) is 18.5 Å². The van der Waals surface area contributed by atoms with E-state index in [2.05, 4.69) is 10.2 Å². The third kappa shape index (κ3) is 2.22. The van der Waals surface area contributed by atoms with Crippen LogP contribution < -0.4 is 5.69 Å². The van der Waals surface area contributed by atoms with Crippen LogP contribution in [0.2, 0.25) is 0 Å². The summed E-state index contributed by atoms with van der Waals surface area (Å²) >= 11 is 0. The van der Waals surface area contributed by atoms with Gasteiger partial charge in [-0.25, -0.2) is 14.3 Å². The summed E-state index contributed by atoms with van der Waals surface area (Å²) < 4.78 is 14.9. The van der Waals surface area contributed by atoms with Crippen LogP contribution in [0.4, 0.5) is 4.39 Å². The summed E-state index contributed by atoms with van der Waals surface area (Å²) in [5, 5.41) is 5.79. The fourth-order valence-electron chi connectivity index (χ4n) is 2.38. The molecule has 1 aliphatic rings. The van der Waals surface area contributed by atoms with Crippen LogP contribution in [0.5, 0.6) is 0 Å². The number of hydrogen-bond donors (Lipinski definition) is 1. The van der Waals surface area contributed by atoms with Gasteiger partial charge < -0.3 is 4.90 Å². The first kappa shape index (κ1) is 12.6. The van der Waals surface area contributed by atoms with Crippen molar-refractivity contribution < 1.29 is 9.18 Å². The van der Waals surface area contributed by atoms with Gasteiger partial charge in [-0.2, -0.15) is 5.10 Å². The van der Waals surface area contributed by atoms with E-state index in [4.69, 9.17) is 0 Å². The standard InChI is InChI=1S/C13H13FN4O2/c14-11-3-1-2-9-4-5-17(6-10(9)11)12(19)7-18-8-15-16-13(18)20/h1-3,8H,4-7H2,(H,16,20). The summed E-state index contributed by atoms with van der Waals surface area (Å²) in [4.78, 5) is 25.0. The predicted octanol–water partition coefficient (Wildman–Crippen LogP) is 0.295. The topological polar surface area (TPSA) is 71.0 Å². The normalized spacial score (nSPS) is 14.2. The van der Waals surface area contributed by atoms with Gasteiger partial charge in [0.25, 0.3) is 0 Å². The zero-order chi connectivity index (χ0) is 14.1. The molecule has 0 saturated carbocycles. The molecule has 0 saturated heterocycles. The summed E-state index contributed by atoms with van der Waals surface area (Å²) in [5.41, 5.74) is 1.07. The summed E-state index contributed by atoms with van der Waals surface area (Å²) in [6.45, 7) is 0.689. The van der Waals surface area contributed by atoms with Crippen LogP contribution in [-0.4, -0.2) is 32.1 Å². The van der Waals surface area contributed by atoms with E-state index < -0.39 is 5.69 Å². The lowest BCUT2D eigenvalue weighted by Gasteiger charge is -2.29. The van der Waals surface area contributed by atoms with Crippen molar-refractivity contribution in [2.75, 3.05) is 6.54 Å². The Morgan fingerprint density at radius 3 is 3.05 bits per heavy atom. The lowest BCUT2D eigenvalue weighted by Crippen LogP contribution is -2.39. The van der Waals surface area contributed by atoms with E-state index >= 15 is 0 Å². The summed E-state index contributed by atoms with van der Waals surface area (Å²) in [7, 11) is 0. The summed E-state index contributed by atoms with van der Waals surface area (Å²) in [6, 6.07) is 4.95. The number of carbonyl (C=O) groups excluding carboxylic acids is 1. The molecule has 0 aliphatic carbocycles. The molecule has 0 unspecified atom stereocenters. The van der Waals surface area contributed by atoms with E-state index in [1.165, 1.54) is 17.0 Å². The van der Waals surface area contributed by atoms with Crippen molar-refractivity contribution in [3.8, 4) is 0 Å². The van der Waals surface area contributed by atoms with E-state index in [-0.39, 0.29) is 24.8 Å². The maximum Gasteiger partial charge on any atom is 0.343 e. The van der Waals surface area contributed by atoms with Crippen LogP contribution in [-0.2, 0) is 24.3 Å². The van der Waals surface area contributed by atoms with Crippen LogP contribution in [0, 0.1) is 5.82 Å². The predicted molar refractivity (Wildman–Crippen MR) is 68.4 cm³/mol. The van der Waals surface area contributed by atoms with Crippen molar-refractivity contribution in [3.05, 3.63) is 52.0 Å². The molecular weight excluding hydrogens is 263 g/mol. The van der Waals surface area contributed by atoms with Crippen molar-refractivity contribution in [2.45, 2.75) is 19.5 Å². The summed E-state index contributed by atoms with van der Waals surface area (Å²) in [5.74, 6) is -0.511. The minimum Gasteiger partial charge on any atom is -0.336 e. The number of amides is 1. The number of nitrogens with one attached hydrogen (secondary N) is 1. The van der Waals surface area contributed by atoms with Crippen molar-refractivity contribution in [2.24, 2.45) is 0 Å². The Bertz CT molecular complexity index is 706. The molecule has 1 aromatic heterocycles. The first-order chi connectivity index (χ1) is 9.65. The Balaban J connectivity index is 1.77. The van der Waals surface area contributed by atoms with E-state index in [1.54, 1.807) is 11.0 Å². The van der Waals surface area contributed by atoms with Gasteiger partial charge in [0, 0.05) is 18.7 Å². The highest BCUT2D eigenvalue weighted by Crippen LogP contribution is 2.21. The third-order valence-electron chi connectivity index (χ3n) is 3.49. The number of halogens is 1. The van der Waals surface area contributed by atoms with Crippen LogP contribution in [0.15, 0.2) is 29.3 Å². The minimum absolute atomic E-state index is 0.0842. The Morgan fingerprint density at radius 1 is 1.45 bits per heavy atom. The van der Waals surface area contributed by atoms with Crippen LogP contribution in [0.1, 0.15) is 11.1 Å². The van der Waals surface area contributed by atoms with Crippen molar-refractivity contribution in [1.82, 2.24) is 19.7 Å². The monoisotopic (exact) mass is 276 g/mol. The molecule has 2 heterocycles. The van der Waals surface area contributed by atoms with Crippen LogP contribution in [0.3, 0.4) is 0 Å². The van der Waals surface area contributed by atoms with Gasteiger partial charge >= 0.3 is 5.69 Å². The maximum absolute atomic E-state index is 13.7. The highest BCUT2D eigenvalue weighted by molar-refractivity contribution is 5.76. The molecule has 0 spiro atoms. The molecule has 6 nitrogen and oxygen atoms in total. The second-order valence-electron chi connectivity index (χ2n) is 4.73. The molecule has 7 heteroatoms. The minimum atomic E-state index is -0.429. The molecular formula is C13H13FN4O2. The Kier molecular flexibility index (Phi) is 3.09. The summed E-state index contributed by atoms with van der Waals surface area (Å²) in [6.07, 6.45) is 1.90. The Labute approximate surface area is 113 Å². The zero-order valence-electron chi connectivity index (χ0n) is 10.7. The number of rotatable bonds is 2. The van der Waals surface area contributed by atoms with Gasteiger partial charge in [0.15, 0.2) is 0 Å². The number of fused-ring (bicyclic) bond motifs is 1. The SMILES string of the molecule is O=C(Cn1cn[nH]c1=O)N1CCc2cccc(F)c2C1. The van der Waals surface area contributed by atoms with Crippen molar-refractivity contribution in [1.29, 1.82) is 0 Å². The first-order valence-corrected chi connectivity index (χ1v) is 6.29. The number of carbonyl (C=O) groups is 1. The highest BCUT2D eigenvalue weighted by Gasteiger charge is 2.23. The molecule has 1 amide bonds. The smallest absolute Gasteiger partial charge is 0.336 e. The molecule has 3 rings (SSSR count). The van der Waals surface area contributed by atoms with Gasteiger partial charge in [-0.05, 0) is 18.1 Å². The Morgan fingerprint density at radius 2 is 2.30 bits per heavy atom. The molecule has 1 aromatic carbocycles. The molecule has 1 aliphatic heterocycles. The number of benzene rings is 1. The fraction of sp³-hybridized carbons (Fsp3) is 0.308. The Hall–Kier alpha value is -2.44. The van der Waals surface area contributed by atoms with E-state index in [1.807, 2.05) is 6.07 Å². The van der Waals surface area contributed by atoms with E-state index in [9.17, 15) is 14.0 Å². The zero-order valence-corrected chi connectivity index (χ0v) is 10.7. The highest BCUT2D eigenvalue weighted by atomic mass is 19.1. The number of H-pyrrole nitrogens is 1. The van der Waals surface area contributed by atoms with E-state index in [0.717, 1.165) is 5.56 Å². The number of aromatic amines is 1. The second-order valence-corrected chi connectivity index (χ2v) is 4.73. The largest absolute Gasteiger partial charge is 0.343 e. The first-order valence-electron chi connectivity index (χ1n) is 6.29. The van der Waals surface area contributed by atoms with Gasteiger partial charge in [0.1, 0.15) is 18.7 Å². The molecule has 0 fully saturated rings. The molecule has 2 aromatic rings.